The molecule has 0 bridgehead atoms. The average Bonchev–Trinajstić information content (AvgIpc) is 3.03. The highest BCUT2D eigenvalue weighted by Gasteiger charge is 2.28. The van der Waals surface area contributed by atoms with E-state index in [-0.39, 0.29) is 18.4 Å². The topological polar surface area (TPSA) is 102 Å². The predicted molar refractivity (Wildman–Crippen MR) is 95.3 cm³/mol. The number of rotatable bonds is 9. The molecular weight excluding hydrogens is 346 g/mol. The lowest BCUT2D eigenvalue weighted by Gasteiger charge is -2.23. The third-order valence-electron chi connectivity index (χ3n) is 3.84. The minimum atomic E-state index is -0.999. The second kappa shape index (κ2) is 10.5. The van der Waals surface area contributed by atoms with Crippen LogP contribution in [-0.4, -0.2) is 46.5 Å². The summed E-state index contributed by atoms with van der Waals surface area (Å²) in [6.07, 6.45) is 2.49. The fraction of sp³-hybridized carbons (Fsp3) is 0.824. The standard InChI is InChI=1S/C17H29NO6S/c1-10(2)15(21)23-16(11(3)4)24-17(22)18-9-13(14(19)20)25-12-7-5-6-8-12/h10-13,16H,5-9H2,1-4H3,(H,18,22)(H,19,20)/t13-,16-/m0/s1. The summed E-state index contributed by atoms with van der Waals surface area (Å²) in [5.74, 6) is -1.95. The summed E-state index contributed by atoms with van der Waals surface area (Å²) in [6, 6.07) is 0. The molecule has 1 amide bonds. The molecule has 1 fully saturated rings. The van der Waals surface area contributed by atoms with Crippen LogP contribution in [0.5, 0.6) is 0 Å². The molecule has 1 aliphatic rings. The predicted octanol–water partition coefficient (Wildman–Crippen LogP) is 3.02. The van der Waals surface area contributed by atoms with Gasteiger partial charge in [-0.05, 0) is 12.8 Å². The minimum Gasteiger partial charge on any atom is -0.480 e. The third kappa shape index (κ3) is 7.98. The molecule has 8 heteroatoms. The Morgan fingerprint density at radius 3 is 2.20 bits per heavy atom. The highest BCUT2D eigenvalue weighted by atomic mass is 32.2. The van der Waals surface area contributed by atoms with Gasteiger partial charge in [0.15, 0.2) is 0 Å². The van der Waals surface area contributed by atoms with E-state index in [1.54, 1.807) is 27.7 Å². The molecule has 1 rings (SSSR count). The van der Waals surface area contributed by atoms with E-state index in [4.69, 9.17) is 9.47 Å². The van der Waals surface area contributed by atoms with Crippen LogP contribution in [0.4, 0.5) is 4.79 Å². The van der Waals surface area contributed by atoms with Crippen LogP contribution in [0, 0.1) is 11.8 Å². The molecule has 0 radical (unpaired) electrons. The van der Waals surface area contributed by atoms with Crippen molar-refractivity contribution < 1.29 is 29.0 Å². The van der Waals surface area contributed by atoms with E-state index in [0.29, 0.717) is 5.25 Å². The van der Waals surface area contributed by atoms with Gasteiger partial charge in [0.05, 0.1) is 5.92 Å². The smallest absolute Gasteiger partial charge is 0.410 e. The van der Waals surface area contributed by atoms with Crippen LogP contribution in [0.1, 0.15) is 53.4 Å². The van der Waals surface area contributed by atoms with Crippen LogP contribution in [-0.2, 0) is 19.1 Å². The van der Waals surface area contributed by atoms with Crippen molar-refractivity contribution in [2.24, 2.45) is 11.8 Å². The molecule has 7 nitrogen and oxygen atoms in total. The number of ether oxygens (including phenoxy) is 2. The maximum Gasteiger partial charge on any atom is 0.410 e. The van der Waals surface area contributed by atoms with Crippen LogP contribution in [0.25, 0.3) is 0 Å². The number of carbonyl (C=O) groups is 3. The van der Waals surface area contributed by atoms with Gasteiger partial charge in [0, 0.05) is 17.7 Å². The van der Waals surface area contributed by atoms with Crippen molar-refractivity contribution in [3.8, 4) is 0 Å². The van der Waals surface area contributed by atoms with Crippen molar-refractivity contribution in [2.45, 2.75) is 70.2 Å². The van der Waals surface area contributed by atoms with Gasteiger partial charge in [0.2, 0.25) is 0 Å². The lowest BCUT2D eigenvalue weighted by Crippen LogP contribution is -2.39. The number of carboxylic acid groups (broad SMARTS) is 1. The normalized spacial score (nSPS) is 17.4. The van der Waals surface area contributed by atoms with Crippen LogP contribution in [0.3, 0.4) is 0 Å². The van der Waals surface area contributed by atoms with E-state index in [0.717, 1.165) is 25.7 Å². The molecule has 2 atom stereocenters. The number of thioether (sulfide) groups is 1. The van der Waals surface area contributed by atoms with E-state index < -0.39 is 29.6 Å². The molecule has 0 unspecified atom stereocenters. The second-order valence-corrected chi connectivity index (χ2v) is 8.37. The summed E-state index contributed by atoms with van der Waals surface area (Å²) >= 11 is 1.39. The Balaban J connectivity index is 2.48. The summed E-state index contributed by atoms with van der Waals surface area (Å²) in [5.41, 5.74) is 0. The molecule has 0 aliphatic heterocycles. The van der Waals surface area contributed by atoms with Gasteiger partial charge in [0.1, 0.15) is 5.25 Å². The maximum atomic E-state index is 11.9. The molecule has 0 spiro atoms. The largest absolute Gasteiger partial charge is 0.480 e. The van der Waals surface area contributed by atoms with E-state index in [1.165, 1.54) is 11.8 Å². The molecule has 0 heterocycles. The molecule has 1 aliphatic carbocycles. The molecule has 0 aromatic heterocycles. The average molecular weight is 375 g/mol. The monoisotopic (exact) mass is 375 g/mol. The Kier molecular flexibility index (Phi) is 9.10. The van der Waals surface area contributed by atoms with Gasteiger partial charge >= 0.3 is 18.0 Å². The molecule has 0 saturated heterocycles. The highest BCUT2D eigenvalue weighted by molar-refractivity contribution is 8.01. The van der Waals surface area contributed by atoms with Gasteiger partial charge in [-0.15, -0.1) is 11.8 Å². The zero-order valence-electron chi connectivity index (χ0n) is 15.3. The number of carbonyl (C=O) groups excluding carboxylic acids is 2. The summed E-state index contributed by atoms with van der Waals surface area (Å²) < 4.78 is 10.3. The lowest BCUT2D eigenvalue weighted by molar-refractivity contribution is -0.178. The molecule has 0 aromatic rings. The first-order valence-electron chi connectivity index (χ1n) is 8.74. The molecule has 144 valence electrons. The number of esters is 1. The van der Waals surface area contributed by atoms with Crippen molar-refractivity contribution in [2.75, 3.05) is 6.54 Å². The minimum absolute atomic E-state index is 0.0295. The lowest BCUT2D eigenvalue weighted by atomic mass is 10.2. The summed E-state index contributed by atoms with van der Waals surface area (Å²) in [7, 11) is 0. The first-order valence-corrected chi connectivity index (χ1v) is 9.68. The number of amides is 1. The van der Waals surface area contributed by atoms with Crippen molar-refractivity contribution >= 4 is 29.8 Å². The van der Waals surface area contributed by atoms with E-state index >= 15 is 0 Å². The number of hydrogen-bond donors (Lipinski definition) is 2. The van der Waals surface area contributed by atoms with Gasteiger partial charge in [-0.3, -0.25) is 9.59 Å². The van der Waals surface area contributed by atoms with Gasteiger partial charge in [-0.2, -0.15) is 0 Å². The van der Waals surface area contributed by atoms with Crippen LogP contribution in [0.2, 0.25) is 0 Å². The Labute approximate surface area is 153 Å². The highest BCUT2D eigenvalue weighted by Crippen LogP contribution is 2.32. The zero-order valence-corrected chi connectivity index (χ0v) is 16.1. The summed E-state index contributed by atoms with van der Waals surface area (Å²) in [5, 5.41) is 11.4. The number of carboxylic acids is 1. The van der Waals surface area contributed by atoms with E-state index in [9.17, 15) is 19.5 Å². The Morgan fingerprint density at radius 1 is 1.12 bits per heavy atom. The number of aliphatic carboxylic acids is 1. The Bertz CT molecular complexity index is 462. The molecule has 0 aromatic carbocycles. The van der Waals surface area contributed by atoms with Gasteiger partial charge < -0.3 is 19.9 Å². The van der Waals surface area contributed by atoms with Crippen molar-refractivity contribution in [3.63, 3.8) is 0 Å². The first kappa shape index (κ1) is 21.6. The fourth-order valence-corrected chi connectivity index (χ4v) is 3.69. The molecule has 25 heavy (non-hydrogen) atoms. The third-order valence-corrected chi connectivity index (χ3v) is 5.39. The fourth-order valence-electron chi connectivity index (χ4n) is 2.32. The Morgan fingerprint density at radius 2 is 1.72 bits per heavy atom. The van der Waals surface area contributed by atoms with Crippen LogP contribution >= 0.6 is 11.8 Å². The molecular formula is C17H29NO6S. The quantitative estimate of drug-likeness (QED) is 0.472. The SMILES string of the molecule is CC(C)C(=O)O[C@@H](OC(=O)NC[C@H](SC1CCCC1)C(=O)O)C(C)C. The Hall–Kier alpha value is -1.44. The summed E-state index contributed by atoms with van der Waals surface area (Å²) in [6.45, 7) is 6.89. The van der Waals surface area contributed by atoms with Gasteiger partial charge in [-0.25, -0.2) is 4.79 Å². The zero-order chi connectivity index (χ0) is 19.0. The van der Waals surface area contributed by atoms with E-state index in [1.807, 2.05) is 0 Å². The van der Waals surface area contributed by atoms with Gasteiger partial charge in [-0.1, -0.05) is 40.5 Å². The number of hydrogen-bond acceptors (Lipinski definition) is 6. The summed E-state index contributed by atoms with van der Waals surface area (Å²) in [4.78, 5) is 35.0. The van der Waals surface area contributed by atoms with E-state index in [2.05, 4.69) is 5.32 Å². The number of nitrogens with one attached hydrogen (secondary N) is 1. The van der Waals surface area contributed by atoms with Crippen LogP contribution in [0.15, 0.2) is 0 Å². The van der Waals surface area contributed by atoms with Crippen molar-refractivity contribution in [3.05, 3.63) is 0 Å². The molecule has 2 N–H and O–H groups in total. The van der Waals surface area contributed by atoms with Gasteiger partial charge in [0.25, 0.3) is 6.29 Å². The number of alkyl carbamates (subject to hydrolysis) is 1. The second-order valence-electron chi connectivity index (χ2n) is 6.86. The van der Waals surface area contributed by atoms with Crippen LogP contribution < -0.4 is 5.32 Å². The van der Waals surface area contributed by atoms with Crippen molar-refractivity contribution in [1.82, 2.24) is 5.32 Å². The molecule has 1 saturated carbocycles. The first-order chi connectivity index (χ1) is 11.7. The van der Waals surface area contributed by atoms with Crippen molar-refractivity contribution in [1.29, 1.82) is 0 Å². The maximum absolute atomic E-state index is 11.9.